The van der Waals surface area contributed by atoms with Crippen LogP contribution in [0.4, 0.5) is 0 Å². The lowest BCUT2D eigenvalue weighted by molar-refractivity contribution is -0.134. The number of carbonyl (C=O) groups is 1. The van der Waals surface area contributed by atoms with E-state index < -0.39 is 0 Å². The molecule has 0 aromatic carbocycles. The van der Waals surface area contributed by atoms with Gasteiger partial charge in [-0.05, 0) is 57.3 Å². The van der Waals surface area contributed by atoms with Crippen LogP contribution in [0.5, 0.6) is 0 Å². The summed E-state index contributed by atoms with van der Waals surface area (Å²) >= 11 is 0. The lowest BCUT2D eigenvalue weighted by Crippen LogP contribution is -2.48. The number of fused-ring (bicyclic) bond motifs is 2. The minimum Gasteiger partial charge on any atom is -0.342 e. The summed E-state index contributed by atoms with van der Waals surface area (Å²) in [6.45, 7) is 1.65. The Morgan fingerprint density at radius 3 is 2.73 bits per heavy atom. The van der Waals surface area contributed by atoms with Gasteiger partial charge < -0.3 is 9.88 Å². The minimum atomic E-state index is -0.0726. The summed E-state index contributed by atoms with van der Waals surface area (Å²) < 4.78 is 0. The SMILES string of the molecule is O=C(CC1CCCC1)N1CCCC2(CCc3c2nc(C2CC2)[nH]c3=O)C1. The first kappa shape index (κ1) is 16.5. The van der Waals surface area contributed by atoms with Crippen molar-refractivity contribution in [1.82, 2.24) is 14.9 Å². The fourth-order valence-electron chi connectivity index (χ4n) is 5.55. The van der Waals surface area contributed by atoms with Gasteiger partial charge in [0.25, 0.3) is 5.56 Å². The zero-order chi connectivity index (χ0) is 17.7. The average molecular weight is 355 g/mol. The van der Waals surface area contributed by atoms with Gasteiger partial charge in [0, 0.05) is 36.4 Å². The van der Waals surface area contributed by atoms with E-state index in [-0.39, 0.29) is 11.0 Å². The molecule has 1 saturated heterocycles. The van der Waals surface area contributed by atoms with Crippen molar-refractivity contribution < 1.29 is 4.79 Å². The molecule has 140 valence electrons. The monoisotopic (exact) mass is 355 g/mol. The fraction of sp³-hybridized carbons (Fsp3) is 0.762. The van der Waals surface area contributed by atoms with Gasteiger partial charge in [-0.15, -0.1) is 0 Å². The van der Waals surface area contributed by atoms with Crippen LogP contribution in [0.1, 0.15) is 87.2 Å². The average Bonchev–Trinajstić information content (AvgIpc) is 3.27. The standard InChI is InChI=1S/C21H29N3O2/c25-17(12-14-4-1-2-5-14)24-11-3-9-21(13-24)10-8-16-18(21)22-19(15-6-7-15)23-20(16)26/h14-15H,1-13H2,(H,22,23,26). The van der Waals surface area contributed by atoms with Crippen molar-refractivity contribution in [3.63, 3.8) is 0 Å². The molecule has 2 heterocycles. The molecule has 3 aliphatic carbocycles. The maximum absolute atomic E-state index is 12.9. The Morgan fingerprint density at radius 1 is 1.15 bits per heavy atom. The highest BCUT2D eigenvalue weighted by Crippen LogP contribution is 2.45. The summed E-state index contributed by atoms with van der Waals surface area (Å²) in [6.07, 6.45) is 11.9. The van der Waals surface area contributed by atoms with Gasteiger partial charge >= 0.3 is 0 Å². The van der Waals surface area contributed by atoms with E-state index >= 15 is 0 Å². The van der Waals surface area contributed by atoms with E-state index in [0.29, 0.717) is 17.7 Å². The molecule has 26 heavy (non-hydrogen) atoms. The molecule has 1 N–H and O–H groups in total. The number of hydrogen-bond donors (Lipinski definition) is 1. The highest BCUT2D eigenvalue weighted by molar-refractivity contribution is 5.76. The summed E-state index contributed by atoms with van der Waals surface area (Å²) in [7, 11) is 0. The molecule has 3 fully saturated rings. The molecule has 1 aromatic rings. The van der Waals surface area contributed by atoms with E-state index in [0.717, 1.165) is 75.1 Å². The van der Waals surface area contributed by atoms with E-state index in [1.807, 2.05) is 0 Å². The third kappa shape index (κ3) is 2.80. The van der Waals surface area contributed by atoms with Crippen molar-refractivity contribution in [1.29, 1.82) is 0 Å². The van der Waals surface area contributed by atoms with Crippen molar-refractivity contribution in [3.05, 3.63) is 27.4 Å². The molecule has 5 nitrogen and oxygen atoms in total. The Kier molecular flexibility index (Phi) is 3.94. The van der Waals surface area contributed by atoms with E-state index in [4.69, 9.17) is 4.98 Å². The topological polar surface area (TPSA) is 66.1 Å². The molecule has 0 radical (unpaired) electrons. The lowest BCUT2D eigenvalue weighted by Gasteiger charge is -2.41. The number of nitrogens with one attached hydrogen (secondary N) is 1. The van der Waals surface area contributed by atoms with Crippen LogP contribution < -0.4 is 5.56 Å². The zero-order valence-electron chi connectivity index (χ0n) is 15.6. The maximum Gasteiger partial charge on any atom is 0.254 e. The third-order valence-electron chi connectivity index (χ3n) is 7.22. The number of rotatable bonds is 3. The summed E-state index contributed by atoms with van der Waals surface area (Å²) in [5, 5.41) is 0. The van der Waals surface area contributed by atoms with E-state index in [9.17, 15) is 9.59 Å². The Hall–Kier alpha value is -1.65. The van der Waals surface area contributed by atoms with Crippen LogP contribution in [0.2, 0.25) is 0 Å². The van der Waals surface area contributed by atoms with Gasteiger partial charge in [-0.3, -0.25) is 9.59 Å². The van der Waals surface area contributed by atoms with Gasteiger partial charge in [-0.2, -0.15) is 0 Å². The van der Waals surface area contributed by atoms with Crippen molar-refractivity contribution in [3.8, 4) is 0 Å². The van der Waals surface area contributed by atoms with Gasteiger partial charge in [-0.1, -0.05) is 12.8 Å². The quantitative estimate of drug-likeness (QED) is 0.906. The molecular weight excluding hydrogens is 326 g/mol. The number of aromatic amines is 1. The van der Waals surface area contributed by atoms with Crippen LogP contribution in [0.3, 0.4) is 0 Å². The summed E-state index contributed by atoms with van der Waals surface area (Å²) in [5.74, 6) is 2.27. The van der Waals surface area contributed by atoms with Gasteiger partial charge in [0.15, 0.2) is 0 Å². The molecule has 5 rings (SSSR count). The highest BCUT2D eigenvalue weighted by Gasteiger charge is 2.46. The summed E-state index contributed by atoms with van der Waals surface area (Å²) in [6, 6.07) is 0. The molecule has 4 aliphatic rings. The van der Waals surface area contributed by atoms with Gasteiger partial charge in [0.2, 0.25) is 5.91 Å². The highest BCUT2D eigenvalue weighted by atomic mass is 16.2. The van der Waals surface area contributed by atoms with Crippen LogP contribution >= 0.6 is 0 Å². The van der Waals surface area contributed by atoms with Crippen molar-refractivity contribution in [2.75, 3.05) is 13.1 Å². The number of amides is 1. The van der Waals surface area contributed by atoms with Gasteiger partial charge in [-0.25, -0.2) is 4.98 Å². The van der Waals surface area contributed by atoms with Crippen LogP contribution in [-0.4, -0.2) is 33.9 Å². The molecule has 1 aliphatic heterocycles. The fourth-order valence-corrected chi connectivity index (χ4v) is 5.55. The Labute approximate surface area is 154 Å². The third-order valence-corrected chi connectivity index (χ3v) is 7.22. The van der Waals surface area contributed by atoms with Gasteiger partial charge in [0.1, 0.15) is 5.82 Å². The predicted molar refractivity (Wildman–Crippen MR) is 99.2 cm³/mol. The number of likely N-dealkylation sites (tertiary alicyclic amines) is 1. The number of nitrogens with zero attached hydrogens (tertiary/aromatic N) is 2. The molecule has 2 saturated carbocycles. The lowest BCUT2D eigenvalue weighted by atomic mass is 9.77. The Bertz CT molecular complexity index is 776. The second-order valence-corrected chi connectivity index (χ2v) is 9.11. The van der Waals surface area contributed by atoms with E-state index in [2.05, 4.69) is 9.88 Å². The van der Waals surface area contributed by atoms with Crippen LogP contribution in [0.25, 0.3) is 0 Å². The van der Waals surface area contributed by atoms with Crippen molar-refractivity contribution in [2.24, 2.45) is 5.92 Å². The van der Waals surface area contributed by atoms with Crippen LogP contribution in [-0.2, 0) is 16.6 Å². The minimum absolute atomic E-state index is 0.0724. The first-order valence-electron chi connectivity index (χ1n) is 10.6. The number of piperidine rings is 1. The zero-order valence-corrected chi connectivity index (χ0v) is 15.6. The van der Waals surface area contributed by atoms with Crippen LogP contribution in [0, 0.1) is 5.92 Å². The number of hydrogen-bond acceptors (Lipinski definition) is 3. The largest absolute Gasteiger partial charge is 0.342 e. The molecule has 1 atom stereocenters. The normalized spacial score (nSPS) is 28.7. The number of carbonyl (C=O) groups excluding carboxylic acids is 1. The predicted octanol–water partition coefficient (Wildman–Crippen LogP) is 3.03. The number of aromatic nitrogens is 2. The number of H-pyrrole nitrogens is 1. The molecule has 1 spiro atoms. The second-order valence-electron chi connectivity index (χ2n) is 9.11. The van der Waals surface area contributed by atoms with E-state index in [1.165, 1.54) is 25.7 Å². The molecule has 0 bridgehead atoms. The molecular formula is C21H29N3O2. The Balaban J connectivity index is 1.40. The van der Waals surface area contributed by atoms with Crippen LogP contribution in [0.15, 0.2) is 4.79 Å². The van der Waals surface area contributed by atoms with Gasteiger partial charge in [0.05, 0.1) is 5.69 Å². The maximum atomic E-state index is 12.9. The molecule has 1 aromatic heterocycles. The first-order chi connectivity index (χ1) is 12.6. The van der Waals surface area contributed by atoms with Crippen molar-refractivity contribution in [2.45, 2.75) is 82.0 Å². The molecule has 1 unspecified atom stereocenters. The second kappa shape index (κ2) is 6.21. The first-order valence-corrected chi connectivity index (χ1v) is 10.6. The molecule has 5 heteroatoms. The molecule has 1 amide bonds. The smallest absolute Gasteiger partial charge is 0.254 e. The Morgan fingerprint density at radius 2 is 1.96 bits per heavy atom. The summed E-state index contributed by atoms with van der Waals surface area (Å²) in [4.78, 5) is 35.5. The van der Waals surface area contributed by atoms with Crippen molar-refractivity contribution >= 4 is 5.91 Å². The summed E-state index contributed by atoms with van der Waals surface area (Å²) in [5.41, 5.74) is 1.92. The van der Waals surface area contributed by atoms with E-state index in [1.54, 1.807) is 0 Å².